The highest BCUT2D eigenvalue weighted by molar-refractivity contribution is 5.91. The summed E-state index contributed by atoms with van der Waals surface area (Å²) in [4.78, 5) is 32.5. The quantitative estimate of drug-likeness (QED) is 0.614. The molecule has 0 saturated carbocycles. The Kier molecular flexibility index (Phi) is 5.19. The van der Waals surface area contributed by atoms with Gasteiger partial charge in [-0.3, -0.25) is 19.7 Å². The van der Waals surface area contributed by atoms with Crippen molar-refractivity contribution in [2.24, 2.45) is 5.92 Å². The number of hydrogen-bond acceptors (Lipinski definition) is 4. The van der Waals surface area contributed by atoms with E-state index in [9.17, 15) is 19.7 Å². The number of carbonyl (C=O) groups is 2. The van der Waals surface area contributed by atoms with Crippen molar-refractivity contribution in [1.82, 2.24) is 0 Å². The van der Waals surface area contributed by atoms with Gasteiger partial charge in [-0.2, -0.15) is 0 Å². The van der Waals surface area contributed by atoms with Gasteiger partial charge in [0.25, 0.3) is 5.69 Å². The van der Waals surface area contributed by atoms with E-state index in [0.29, 0.717) is 11.3 Å². The lowest BCUT2D eigenvalue weighted by atomic mass is 10.0. The predicted molar refractivity (Wildman–Crippen MR) is 72.5 cm³/mol. The van der Waals surface area contributed by atoms with E-state index in [2.05, 4.69) is 5.32 Å². The summed E-state index contributed by atoms with van der Waals surface area (Å²) in [5.41, 5.74) is 0.767. The Hall–Kier alpha value is -2.44. The number of carbonyl (C=O) groups excluding carboxylic acids is 1. The highest BCUT2D eigenvalue weighted by atomic mass is 16.6. The number of nitrogens with zero attached hydrogens (tertiary/aromatic N) is 1. The lowest BCUT2D eigenvalue weighted by Crippen LogP contribution is -2.17. The number of anilines is 1. The largest absolute Gasteiger partial charge is 0.481 e. The van der Waals surface area contributed by atoms with E-state index in [0.717, 1.165) is 0 Å². The Morgan fingerprint density at radius 1 is 1.40 bits per heavy atom. The van der Waals surface area contributed by atoms with Crippen LogP contribution in [-0.4, -0.2) is 21.9 Å². The van der Waals surface area contributed by atoms with E-state index in [1.807, 2.05) is 0 Å². The lowest BCUT2D eigenvalue weighted by Gasteiger charge is -2.09. The van der Waals surface area contributed by atoms with Crippen LogP contribution in [0, 0.1) is 23.0 Å². The maximum atomic E-state index is 11.7. The molecule has 7 nitrogen and oxygen atoms in total. The van der Waals surface area contributed by atoms with Crippen LogP contribution in [0.2, 0.25) is 0 Å². The van der Waals surface area contributed by atoms with Gasteiger partial charge in [-0.15, -0.1) is 0 Å². The van der Waals surface area contributed by atoms with Gasteiger partial charge >= 0.3 is 5.97 Å². The van der Waals surface area contributed by atoms with Crippen molar-refractivity contribution in [3.05, 3.63) is 33.9 Å². The minimum Gasteiger partial charge on any atom is -0.481 e. The molecule has 1 aromatic rings. The SMILES string of the molecule is Cc1ccc(NC(=O)CC(C)CC(=O)O)cc1[N+](=O)[O-]. The third-order valence-corrected chi connectivity index (χ3v) is 2.75. The Morgan fingerprint density at radius 3 is 2.60 bits per heavy atom. The number of carboxylic acid groups (broad SMARTS) is 1. The second kappa shape index (κ2) is 6.65. The molecular weight excluding hydrogens is 264 g/mol. The van der Waals surface area contributed by atoms with Gasteiger partial charge in [0.2, 0.25) is 5.91 Å². The summed E-state index contributed by atoms with van der Waals surface area (Å²) in [6.07, 6.45) is -0.0462. The topological polar surface area (TPSA) is 110 Å². The molecule has 20 heavy (non-hydrogen) atoms. The first-order valence-corrected chi connectivity index (χ1v) is 6.06. The highest BCUT2D eigenvalue weighted by Gasteiger charge is 2.15. The van der Waals surface area contributed by atoms with Crippen molar-refractivity contribution in [3.63, 3.8) is 0 Å². The van der Waals surface area contributed by atoms with Gasteiger partial charge in [0.05, 0.1) is 4.92 Å². The number of nitro benzene ring substituents is 1. The number of rotatable bonds is 6. The third-order valence-electron chi connectivity index (χ3n) is 2.75. The van der Waals surface area contributed by atoms with Gasteiger partial charge in [-0.1, -0.05) is 13.0 Å². The van der Waals surface area contributed by atoms with Crippen molar-refractivity contribution in [2.45, 2.75) is 26.7 Å². The van der Waals surface area contributed by atoms with Crippen molar-refractivity contribution >= 4 is 23.3 Å². The van der Waals surface area contributed by atoms with E-state index >= 15 is 0 Å². The molecule has 1 aromatic carbocycles. The zero-order valence-electron chi connectivity index (χ0n) is 11.3. The fourth-order valence-electron chi connectivity index (χ4n) is 1.78. The summed E-state index contributed by atoms with van der Waals surface area (Å²) in [5.74, 6) is -1.62. The molecule has 0 aromatic heterocycles. The van der Waals surface area contributed by atoms with E-state index < -0.39 is 10.9 Å². The molecule has 0 aliphatic carbocycles. The van der Waals surface area contributed by atoms with Gasteiger partial charge in [-0.05, 0) is 18.9 Å². The number of benzene rings is 1. The molecule has 108 valence electrons. The number of nitrogens with one attached hydrogen (secondary N) is 1. The average Bonchev–Trinajstić information content (AvgIpc) is 2.29. The van der Waals surface area contributed by atoms with Crippen LogP contribution in [0.3, 0.4) is 0 Å². The lowest BCUT2D eigenvalue weighted by molar-refractivity contribution is -0.385. The summed E-state index contributed by atoms with van der Waals surface area (Å²) < 4.78 is 0. The molecule has 2 N–H and O–H groups in total. The predicted octanol–water partition coefficient (Wildman–Crippen LogP) is 2.34. The monoisotopic (exact) mass is 280 g/mol. The zero-order valence-corrected chi connectivity index (χ0v) is 11.3. The van der Waals surface area contributed by atoms with Crippen molar-refractivity contribution < 1.29 is 19.6 Å². The highest BCUT2D eigenvalue weighted by Crippen LogP contribution is 2.22. The van der Waals surface area contributed by atoms with Gasteiger partial charge in [0, 0.05) is 30.2 Å². The summed E-state index contributed by atoms with van der Waals surface area (Å²) in [5, 5.41) is 21.9. The van der Waals surface area contributed by atoms with Crippen LogP contribution >= 0.6 is 0 Å². The molecule has 0 radical (unpaired) electrons. The Bertz CT molecular complexity index is 542. The minimum absolute atomic E-state index is 0.0496. The molecule has 0 bridgehead atoms. The first kappa shape index (κ1) is 15.6. The average molecular weight is 280 g/mol. The molecule has 1 rings (SSSR count). The first-order chi connectivity index (χ1) is 9.29. The minimum atomic E-state index is -0.962. The van der Waals surface area contributed by atoms with Gasteiger partial charge < -0.3 is 10.4 Å². The van der Waals surface area contributed by atoms with Crippen LogP contribution < -0.4 is 5.32 Å². The Labute approximate surface area is 115 Å². The van der Waals surface area contributed by atoms with Crippen molar-refractivity contribution in [1.29, 1.82) is 0 Å². The molecule has 0 aliphatic heterocycles. The zero-order chi connectivity index (χ0) is 15.3. The van der Waals surface area contributed by atoms with Crippen LogP contribution in [0.1, 0.15) is 25.3 Å². The summed E-state index contributed by atoms with van der Waals surface area (Å²) >= 11 is 0. The molecular formula is C13H16N2O5. The van der Waals surface area contributed by atoms with Crippen LogP contribution in [0.5, 0.6) is 0 Å². The second-order valence-electron chi connectivity index (χ2n) is 4.71. The number of aliphatic carboxylic acids is 1. The maximum absolute atomic E-state index is 11.7. The summed E-state index contributed by atoms with van der Waals surface area (Å²) in [6, 6.07) is 4.41. The van der Waals surface area contributed by atoms with E-state index in [1.165, 1.54) is 6.07 Å². The first-order valence-electron chi connectivity index (χ1n) is 6.06. The van der Waals surface area contributed by atoms with Crippen molar-refractivity contribution in [2.75, 3.05) is 5.32 Å². The van der Waals surface area contributed by atoms with Gasteiger partial charge in [-0.25, -0.2) is 0 Å². The second-order valence-corrected chi connectivity index (χ2v) is 4.71. The molecule has 1 amide bonds. The molecule has 0 aliphatic rings. The smallest absolute Gasteiger partial charge is 0.303 e. The van der Waals surface area contributed by atoms with Gasteiger partial charge in [0.1, 0.15) is 0 Å². The summed E-state index contributed by atoms with van der Waals surface area (Å²) in [6.45, 7) is 3.27. The van der Waals surface area contributed by atoms with E-state index in [1.54, 1.807) is 26.0 Å². The van der Waals surface area contributed by atoms with Crippen LogP contribution in [-0.2, 0) is 9.59 Å². The standard InChI is InChI=1S/C13H16N2O5/c1-8(6-13(17)18)5-12(16)14-10-4-3-9(2)11(7-10)15(19)20/h3-4,7-8H,5-6H2,1-2H3,(H,14,16)(H,17,18). The fourth-order valence-corrected chi connectivity index (χ4v) is 1.78. The Morgan fingerprint density at radius 2 is 2.05 bits per heavy atom. The molecule has 0 saturated heterocycles. The fraction of sp³-hybridized carbons (Fsp3) is 0.385. The number of nitro groups is 1. The number of carboxylic acids is 1. The van der Waals surface area contributed by atoms with Crippen LogP contribution in [0.15, 0.2) is 18.2 Å². The van der Waals surface area contributed by atoms with E-state index in [4.69, 9.17) is 5.11 Å². The van der Waals surface area contributed by atoms with Crippen LogP contribution in [0.25, 0.3) is 0 Å². The molecule has 0 fully saturated rings. The van der Waals surface area contributed by atoms with E-state index in [-0.39, 0.29) is 30.4 Å². The number of amides is 1. The number of hydrogen-bond donors (Lipinski definition) is 2. The van der Waals surface area contributed by atoms with Crippen LogP contribution in [0.4, 0.5) is 11.4 Å². The number of aryl methyl sites for hydroxylation is 1. The maximum Gasteiger partial charge on any atom is 0.303 e. The summed E-state index contributed by atoms with van der Waals surface area (Å²) in [7, 11) is 0. The molecule has 0 heterocycles. The third kappa shape index (κ3) is 4.68. The molecule has 1 atom stereocenters. The van der Waals surface area contributed by atoms with Gasteiger partial charge in [0.15, 0.2) is 0 Å². The molecule has 0 spiro atoms. The molecule has 1 unspecified atom stereocenters. The van der Waals surface area contributed by atoms with Crippen molar-refractivity contribution in [3.8, 4) is 0 Å². The Balaban J connectivity index is 2.69. The normalized spacial score (nSPS) is 11.7. The molecule has 7 heteroatoms.